The van der Waals surface area contributed by atoms with Crippen LogP contribution in [0.25, 0.3) is 0 Å². The van der Waals surface area contributed by atoms with Crippen molar-refractivity contribution in [1.29, 1.82) is 0 Å². The number of rotatable bonds is 3. The number of likely N-dealkylation sites (tertiary alicyclic amines) is 2. The van der Waals surface area contributed by atoms with Gasteiger partial charge < -0.3 is 4.90 Å². The molecule has 1 atom stereocenters. The van der Waals surface area contributed by atoms with Crippen LogP contribution in [0.15, 0.2) is 30.3 Å². The van der Waals surface area contributed by atoms with E-state index in [9.17, 15) is 4.79 Å². The summed E-state index contributed by atoms with van der Waals surface area (Å²) < 4.78 is 0. The summed E-state index contributed by atoms with van der Waals surface area (Å²) in [5.41, 5.74) is 1.35. The van der Waals surface area contributed by atoms with Crippen LogP contribution < -0.4 is 0 Å². The van der Waals surface area contributed by atoms with E-state index in [-0.39, 0.29) is 5.92 Å². The van der Waals surface area contributed by atoms with E-state index >= 15 is 0 Å². The monoisotopic (exact) mass is 272 g/mol. The highest BCUT2D eigenvalue weighted by atomic mass is 16.2. The fraction of sp³-hybridized carbons (Fsp3) is 0.588. The first-order chi connectivity index (χ1) is 9.83. The van der Waals surface area contributed by atoms with Crippen LogP contribution in [0.4, 0.5) is 0 Å². The topological polar surface area (TPSA) is 23.6 Å². The molecule has 1 amide bonds. The van der Waals surface area contributed by atoms with Crippen molar-refractivity contribution < 1.29 is 4.79 Å². The van der Waals surface area contributed by atoms with Gasteiger partial charge in [0.05, 0.1) is 5.92 Å². The van der Waals surface area contributed by atoms with Crippen molar-refractivity contribution >= 4 is 5.91 Å². The molecule has 3 rings (SSSR count). The smallest absolute Gasteiger partial charge is 0.226 e. The zero-order valence-corrected chi connectivity index (χ0v) is 12.1. The van der Waals surface area contributed by atoms with E-state index < -0.39 is 0 Å². The molecule has 20 heavy (non-hydrogen) atoms. The molecule has 2 aliphatic heterocycles. The Balaban J connectivity index is 1.57. The number of nitrogens with zero attached hydrogens (tertiary/aromatic N) is 2. The van der Waals surface area contributed by atoms with Gasteiger partial charge in [-0.2, -0.15) is 0 Å². The van der Waals surface area contributed by atoms with E-state index in [4.69, 9.17) is 0 Å². The molecule has 0 aromatic heterocycles. The number of carbonyl (C=O) groups excluding carboxylic acids is 1. The molecule has 0 radical (unpaired) electrons. The standard InChI is InChI=1S/C17H24N2O/c20-17(19-11-4-5-12-19)16-9-6-10-18(14-16)13-15-7-2-1-3-8-15/h1-3,7-8,16H,4-6,9-14H2. The number of benzene rings is 1. The third-order valence-electron chi connectivity index (χ3n) is 4.52. The first-order valence-electron chi connectivity index (χ1n) is 7.88. The van der Waals surface area contributed by atoms with Crippen molar-refractivity contribution in [3.05, 3.63) is 35.9 Å². The van der Waals surface area contributed by atoms with E-state index in [1.54, 1.807) is 0 Å². The van der Waals surface area contributed by atoms with Gasteiger partial charge in [-0.05, 0) is 37.8 Å². The maximum atomic E-state index is 12.5. The highest BCUT2D eigenvalue weighted by Crippen LogP contribution is 2.22. The molecule has 2 saturated heterocycles. The largest absolute Gasteiger partial charge is 0.342 e. The lowest BCUT2D eigenvalue weighted by Crippen LogP contribution is -2.43. The minimum Gasteiger partial charge on any atom is -0.342 e. The van der Waals surface area contributed by atoms with Gasteiger partial charge in [-0.15, -0.1) is 0 Å². The molecular formula is C17H24N2O. The SMILES string of the molecule is O=C(C1CCCN(Cc2ccccc2)C1)N1CCCC1. The van der Waals surface area contributed by atoms with Crippen molar-refractivity contribution in [2.24, 2.45) is 5.92 Å². The van der Waals surface area contributed by atoms with Crippen LogP contribution in [-0.2, 0) is 11.3 Å². The molecule has 0 N–H and O–H groups in total. The quantitative estimate of drug-likeness (QED) is 0.844. The Labute approximate surface area is 121 Å². The highest BCUT2D eigenvalue weighted by Gasteiger charge is 2.30. The van der Waals surface area contributed by atoms with Crippen molar-refractivity contribution in [2.75, 3.05) is 26.2 Å². The molecular weight excluding hydrogens is 248 g/mol. The highest BCUT2D eigenvalue weighted by molar-refractivity contribution is 5.79. The summed E-state index contributed by atoms with van der Waals surface area (Å²) in [4.78, 5) is 17.0. The van der Waals surface area contributed by atoms with Gasteiger partial charge in [-0.1, -0.05) is 30.3 Å². The Morgan fingerprint density at radius 3 is 2.55 bits per heavy atom. The summed E-state index contributed by atoms with van der Waals surface area (Å²) in [6.07, 6.45) is 4.59. The second-order valence-corrected chi connectivity index (χ2v) is 6.09. The molecule has 0 aliphatic carbocycles. The molecule has 2 fully saturated rings. The van der Waals surface area contributed by atoms with Crippen molar-refractivity contribution in [3.63, 3.8) is 0 Å². The zero-order chi connectivity index (χ0) is 13.8. The molecule has 2 heterocycles. The van der Waals surface area contributed by atoms with Gasteiger partial charge in [-0.3, -0.25) is 9.69 Å². The summed E-state index contributed by atoms with van der Waals surface area (Å²) in [5.74, 6) is 0.630. The Kier molecular flexibility index (Phi) is 4.36. The number of hydrogen-bond acceptors (Lipinski definition) is 2. The predicted molar refractivity (Wildman–Crippen MR) is 80.3 cm³/mol. The van der Waals surface area contributed by atoms with Gasteiger partial charge in [-0.25, -0.2) is 0 Å². The predicted octanol–water partition coefficient (Wildman–Crippen LogP) is 2.52. The summed E-state index contributed by atoms with van der Waals surface area (Å²) in [6.45, 7) is 5.00. The van der Waals surface area contributed by atoms with Crippen molar-refractivity contribution in [2.45, 2.75) is 32.2 Å². The average Bonchev–Trinajstić information content (AvgIpc) is 3.02. The number of carbonyl (C=O) groups is 1. The maximum Gasteiger partial charge on any atom is 0.226 e. The zero-order valence-electron chi connectivity index (χ0n) is 12.1. The molecule has 3 heteroatoms. The number of amides is 1. The Hall–Kier alpha value is -1.35. The van der Waals surface area contributed by atoms with Gasteiger partial charge >= 0.3 is 0 Å². The second-order valence-electron chi connectivity index (χ2n) is 6.09. The molecule has 1 unspecified atom stereocenters. The van der Waals surface area contributed by atoms with E-state index in [0.717, 1.165) is 45.6 Å². The normalized spacial score (nSPS) is 24.0. The van der Waals surface area contributed by atoms with E-state index in [2.05, 4.69) is 40.1 Å². The fourth-order valence-corrected chi connectivity index (χ4v) is 3.44. The second kappa shape index (κ2) is 6.40. The third-order valence-corrected chi connectivity index (χ3v) is 4.52. The molecule has 0 spiro atoms. The maximum absolute atomic E-state index is 12.5. The molecule has 108 valence electrons. The first-order valence-corrected chi connectivity index (χ1v) is 7.88. The molecule has 1 aromatic carbocycles. The van der Waals surface area contributed by atoms with E-state index in [1.807, 2.05) is 0 Å². The molecule has 0 saturated carbocycles. The lowest BCUT2D eigenvalue weighted by molar-refractivity contribution is -0.136. The van der Waals surface area contributed by atoms with Crippen LogP contribution in [0, 0.1) is 5.92 Å². The Bertz CT molecular complexity index is 440. The van der Waals surface area contributed by atoms with E-state index in [0.29, 0.717) is 5.91 Å². The van der Waals surface area contributed by atoms with Crippen LogP contribution in [0.3, 0.4) is 0 Å². The van der Waals surface area contributed by atoms with Crippen LogP contribution in [0.2, 0.25) is 0 Å². The van der Waals surface area contributed by atoms with Gasteiger partial charge in [0.2, 0.25) is 5.91 Å². The summed E-state index contributed by atoms with van der Waals surface area (Å²) in [5, 5.41) is 0. The molecule has 3 nitrogen and oxygen atoms in total. The van der Waals surface area contributed by atoms with Gasteiger partial charge in [0, 0.05) is 26.2 Å². The van der Waals surface area contributed by atoms with Crippen LogP contribution in [0.1, 0.15) is 31.2 Å². The molecule has 1 aromatic rings. The van der Waals surface area contributed by atoms with Crippen molar-refractivity contribution in [3.8, 4) is 0 Å². The van der Waals surface area contributed by atoms with Gasteiger partial charge in [0.15, 0.2) is 0 Å². The minimum absolute atomic E-state index is 0.227. The number of piperidine rings is 1. The summed E-state index contributed by atoms with van der Waals surface area (Å²) >= 11 is 0. The first kappa shape index (κ1) is 13.6. The molecule has 0 bridgehead atoms. The third kappa shape index (κ3) is 3.21. The fourth-order valence-electron chi connectivity index (χ4n) is 3.44. The van der Waals surface area contributed by atoms with Crippen molar-refractivity contribution in [1.82, 2.24) is 9.80 Å². The summed E-state index contributed by atoms with van der Waals surface area (Å²) in [7, 11) is 0. The van der Waals surface area contributed by atoms with Gasteiger partial charge in [0.25, 0.3) is 0 Å². The van der Waals surface area contributed by atoms with Gasteiger partial charge in [0.1, 0.15) is 0 Å². The minimum atomic E-state index is 0.227. The molecule has 2 aliphatic rings. The Morgan fingerprint density at radius 2 is 1.80 bits per heavy atom. The number of hydrogen-bond donors (Lipinski definition) is 0. The lowest BCUT2D eigenvalue weighted by atomic mass is 9.96. The van der Waals surface area contributed by atoms with Crippen LogP contribution >= 0.6 is 0 Å². The van der Waals surface area contributed by atoms with Crippen LogP contribution in [-0.4, -0.2) is 41.9 Å². The summed E-state index contributed by atoms with van der Waals surface area (Å²) in [6, 6.07) is 10.6. The van der Waals surface area contributed by atoms with E-state index in [1.165, 1.54) is 18.4 Å². The van der Waals surface area contributed by atoms with Crippen LogP contribution in [0.5, 0.6) is 0 Å². The average molecular weight is 272 g/mol. The Morgan fingerprint density at radius 1 is 1.05 bits per heavy atom. The lowest BCUT2D eigenvalue weighted by Gasteiger charge is -2.33.